The molecule has 2 rings (SSSR count). The van der Waals surface area contributed by atoms with Crippen LogP contribution in [0.3, 0.4) is 0 Å². The zero-order chi connectivity index (χ0) is 14.5. The van der Waals surface area contributed by atoms with Crippen LogP contribution in [0, 0.1) is 10.1 Å². The van der Waals surface area contributed by atoms with Crippen LogP contribution in [0.25, 0.3) is 0 Å². The number of nitrogens with zero attached hydrogens (tertiary/aromatic N) is 3. The molecule has 2 aromatic rings. The molecule has 1 aromatic heterocycles. The molecule has 0 bridgehead atoms. The summed E-state index contributed by atoms with van der Waals surface area (Å²) in [7, 11) is 0. The lowest BCUT2D eigenvalue weighted by molar-refractivity contribution is -0.389. The first-order valence-electron chi connectivity index (χ1n) is 5.38. The van der Waals surface area contributed by atoms with Gasteiger partial charge < -0.3 is 15.2 Å². The van der Waals surface area contributed by atoms with Crippen LogP contribution in [0.2, 0.25) is 0 Å². The number of amides is 1. The van der Waals surface area contributed by atoms with E-state index < -0.39 is 16.6 Å². The van der Waals surface area contributed by atoms with Gasteiger partial charge in [-0.2, -0.15) is 5.10 Å². The number of carbonyl (C=O) groups is 1. The smallest absolute Gasteiger partial charge is 0.353 e. The minimum absolute atomic E-state index is 0.110. The van der Waals surface area contributed by atoms with Crippen molar-refractivity contribution in [1.82, 2.24) is 15.4 Å². The molecular formula is C11H9N5O4. The minimum Gasteiger partial charge on any atom is -0.508 e. The predicted molar refractivity (Wildman–Crippen MR) is 68.4 cm³/mol. The Kier molecular flexibility index (Phi) is 3.70. The Labute approximate surface area is 112 Å². The average molecular weight is 275 g/mol. The average Bonchev–Trinajstić information content (AvgIpc) is 2.90. The van der Waals surface area contributed by atoms with Gasteiger partial charge >= 0.3 is 5.82 Å². The summed E-state index contributed by atoms with van der Waals surface area (Å²) in [5, 5.41) is 23.3. The van der Waals surface area contributed by atoms with Crippen molar-refractivity contribution >= 4 is 17.9 Å². The van der Waals surface area contributed by atoms with Gasteiger partial charge in [0.25, 0.3) is 5.91 Å². The van der Waals surface area contributed by atoms with Gasteiger partial charge in [0, 0.05) is 0 Å². The van der Waals surface area contributed by atoms with Gasteiger partial charge in [-0.15, -0.1) is 0 Å². The minimum atomic E-state index is -0.798. The number of nitro groups is 1. The monoisotopic (exact) mass is 275 g/mol. The fourth-order valence-electron chi connectivity index (χ4n) is 1.37. The molecule has 0 saturated heterocycles. The fraction of sp³-hybridized carbons (Fsp3) is 0. The molecule has 0 radical (unpaired) electrons. The maximum atomic E-state index is 11.6. The number of H-pyrrole nitrogens is 1. The molecule has 102 valence electrons. The number of hydrogen-bond acceptors (Lipinski definition) is 6. The molecule has 3 N–H and O–H groups in total. The van der Waals surface area contributed by atoms with E-state index in [4.69, 9.17) is 5.11 Å². The number of aromatic amines is 1. The van der Waals surface area contributed by atoms with E-state index in [0.29, 0.717) is 5.56 Å². The van der Waals surface area contributed by atoms with Gasteiger partial charge in [-0.1, -0.05) is 0 Å². The summed E-state index contributed by atoms with van der Waals surface area (Å²) in [6.45, 7) is 0. The van der Waals surface area contributed by atoms with Crippen LogP contribution in [0.4, 0.5) is 5.82 Å². The zero-order valence-corrected chi connectivity index (χ0v) is 9.98. The third-order valence-corrected chi connectivity index (χ3v) is 2.29. The lowest BCUT2D eigenvalue weighted by Gasteiger charge is -1.97. The second-order valence-corrected chi connectivity index (χ2v) is 3.65. The van der Waals surface area contributed by atoms with E-state index in [0.717, 1.165) is 6.33 Å². The van der Waals surface area contributed by atoms with Crippen molar-refractivity contribution in [1.29, 1.82) is 0 Å². The van der Waals surface area contributed by atoms with Crippen molar-refractivity contribution in [3.05, 3.63) is 52.0 Å². The van der Waals surface area contributed by atoms with E-state index in [1.54, 1.807) is 12.1 Å². The molecule has 9 nitrogen and oxygen atoms in total. The number of benzene rings is 1. The van der Waals surface area contributed by atoms with Crippen molar-refractivity contribution in [2.75, 3.05) is 0 Å². The Balaban J connectivity index is 2.03. The van der Waals surface area contributed by atoms with Gasteiger partial charge in [-0.05, 0) is 34.8 Å². The number of carbonyl (C=O) groups excluding carboxylic acids is 1. The number of aromatic hydroxyl groups is 1. The number of rotatable bonds is 4. The van der Waals surface area contributed by atoms with Crippen LogP contribution < -0.4 is 5.43 Å². The lowest BCUT2D eigenvalue weighted by atomic mass is 10.2. The Morgan fingerprint density at radius 2 is 2.15 bits per heavy atom. The van der Waals surface area contributed by atoms with E-state index in [2.05, 4.69) is 20.5 Å². The Morgan fingerprint density at radius 1 is 1.45 bits per heavy atom. The zero-order valence-electron chi connectivity index (χ0n) is 9.98. The Hall–Kier alpha value is -3.23. The Morgan fingerprint density at radius 3 is 2.80 bits per heavy atom. The Bertz CT molecular complexity index is 662. The molecule has 1 aromatic carbocycles. The van der Waals surface area contributed by atoms with Gasteiger partial charge in [-0.25, -0.2) is 15.4 Å². The molecule has 0 aliphatic heterocycles. The third kappa shape index (κ3) is 2.96. The maximum absolute atomic E-state index is 11.6. The summed E-state index contributed by atoms with van der Waals surface area (Å²) >= 11 is 0. The highest BCUT2D eigenvalue weighted by Crippen LogP contribution is 2.11. The van der Waals surface area contributed by atoms with Crippen molar-refractivity contribution in [2.24, 2.45) is 5.10 Å². The molecule has 0 unspecified atom stereocenters. The summed E-state index contributed by atoms with van der Waals surface area (Å²) in [5.41, 5.74) is 2.41. The number of imidazole rings is 1. The van der Waals surface area contributed by atoms with Gasteiger partial charge in [0.15, 0.2) is 6.33 Å². The molecule has 0 aliphatic rings. The molecular weight excluding hydrogens is 266 g/mol. The van der Waals surface area contributed by atoms with Crippen molar-refractivity contribution in [2.45, 2.75) is 0 Å². The molecule has 20 heavy (non-hydrogen) atoms. The maximum Gasteiger partial charge on any atom is 0.353 e. The van der Waals surface area contributed by atoms with Gasteiger partial charge in [0.2, 0.25) is 5.69 Å². The van der Waals surface area contributed by atoms with Crippen molar-refractivity contribution in [3.8, 4) is 5.75 Å². The van der Waals surface area contributed by atoms with E-state index >= 15 is 0 Å². The third-order valence-electron chi connectivity index (χ3n) is 2.29. The summed E-state index contributed by atoms with van der Waals surface area (Å²) in [6.07, 6.45) is 2.38. The highest BCUT2D eigenvalue weighted by molar-refractivity contribution is 5.96. The number of hydrogen-bond donors (Lipinski definition) is 3. The largest absolute Gasteiger partial charge is 0.508 e. The second kappa shape index (κ2) is 5.61. The molecule has 1 heterocycles. The summed E-state index contributed by atoms with van der Waals surface area (Å²) in [4.78, 5) is 27.3. The fourth-order valence-corrected chi connectivity index (χ4v) is 1.37. The molecule has 0 fully saturated rings. The number of aromatic nitrogens is 2. The van der Waals surface area contributed by atoms with Crippen molar-refractivity contribution in [3.63, 3.8) is 0 Å². The molecule has 9 heteroatoms. The summed E-state index contributed by atoms with van der Waals surface area (Å²) < 4.78 is 0. The highest BCUT2D eigenvalue weighted by atomic mass is 16.6. The quantitative estimate of drug-likeness (QED) is 0.431. The summed E-state index contributed by atoms with van der Waals surface area (Å²) in [6, 6.07) is 6.09. The highest BCUT2D eigenvalue weighted by Gasteiger charge is 2.21. The van der Waals surface area contributed by atoms with Crippen LogP contribution in [0.1, 0.15) is 16.1 Å². The first kappa shape index (κ1) is 13.2. The first-order chi connectivity index (χ1) is 9.58. The van der Waals surface area contributed by atoms with Crippen LogP contribution in [-0.4, -0.2) is 32.1 Å². The molecule has 0 saturated carbocycles. The molecule has 1 amide bonds. The molecule has 0 spiro atoms. The van der Waals surface area contributed by atoms with E-state index in [9.17, 15) is 14.9 Å². The topological polar surface area (TPSA) is 134 Å². The number of hydrazone groups is 1. The van der Waals surface area contributed by atoms with Crippen LogP contribution in [-0.2, 0) is 0 Å². The number of phenols is 1. The van der Waals surface area contributed by atoms with E-state index in [-0.39, 0.29) is 11.4 Å². The summed E-state index contributed by atoms with van der Waals surface area (Å²) in [5.74, 6) is -1.19. The van der Waals surface area contributed by atoms with E-state index in [1.807, 2.05) is 0 Å². The van der Waals surface area contributed by atoms with Crippen LogP contribution in [0.5, 0.6) is 5.75 Å². The van der Waals surface area contributed by atoms with Gasteiger partial charge in [0.05, 0.1) is 6.21 Å². The molecule has 0 atom stereocenters. The first-order valence-corrected chi connectivity index (χ1v) is 5.38. The van der Waals surface area contributed by atoms with Crippen LogP contribution in [0.15, 0.2) is 35.7 Å². The normalized spacial score (nSPS) is 10.6. The number of phenolic OH excluding ortho intramolecular Hbond substituents is 1. The molecule has 0 aliphatic carbocycles. The number of nitrogens with one attached hydrogen (secondary N) is 2. The predicted octanol–water partition coefficient (Wildman–Crippen LogP) is 0.787. The lowest BCUT2D eigenvalue weighted by Crippen LogP contribution is -2.19. The second-order valence-electron chi connectivity index (χ2n) is 3.65. The standard InChI is InChI=1S/C11H9N5O4/c17-8-3-1-7(2-4-8)5-14-15-11(18)9-10(16(19)20)13-6-12-9/h1-6,17H,(H,12,13)(H,15,18). The van der Waals surface area contributed by atoms with Gasteiger partial charge in [0.1, 0.15) is 5.75 Å². The van der Waals surface area contributed by atoms with Gasteiger partial charge in [-0.3, -0.25) is 4.79 Å². The van der Waals surface area contributed by atoms with Crippen LogP contribution >= 0.6 is 0 Å². The SMILES string of the molecule is O=C(NN=Cc1ccc(O)cc1)c1nc[nH]c1[N+](=O)[O-]. The van der Waals surface area contributed by atoms with Crippen molar-refractivity contribution < 1.29 is 14.8 Å². The van der Waals surface area contributed by atoms with E-state index in [1.165, 1.54) is 18.3 Å².